The summed E-state index contributed by atoms with van der Waals surface area (Å²) in [6.45, 7) is 0.0383. The van der Waals surface area contributed by atoms with Crippen LogP contribution in [0.1, 0.15) is 12.0 Å². The molecular formula is C20H19N3O5S. The van der Waals surface area contributed by atoms with Crippen molar-refractivity contribution in [2.45, 2.75) is 24.3 Å². The molecule has 1 N–H and O–H groups in total. The number of aryl methyl sites for hydroxylation is 1. The van der Waals surface area contributed by atoms with Crippen molar-refractivity contribution in [3.63, 3.8) is 0 Å². The molecule has 9 heteroatoms. The number of sulfone groups is 1. The second-order valence-corrected chi connectivity index (χ2v) is 9.09. The van der Waals surface area contributed by atoms with E-state index in [1.165, 1.54) is 11.0 Å². The third kappa shape index (κ3) is 3.49. The first kappa shape index (κ1) is 19.1. The molecule has 0 radical (unpaired) electrons. The molecule has 8 nitrogen and oxygen atoms in total. The van der Waals surface area contributed by atoms with Gasteiger partial charge in [0, 0.05) is 18.5 Å². The van der Waals surface area contributed by atoms with Crippen LogP contribution in [0.3, 0.4) is 0 Å². The van der Waals surface area contributed by atoms with Crippen LogP contribution >= 0.6 is 0 Å². The molecule has 1 aliphatic rings. The maximum absolute atomic E-state index is 12.9. The van der Waals surface area contributed by atoms with Crippen LogP contribution in [0.5, 0.6) is 0 Å². The van der Waals surface area contributed by atoms with Gasteiger partial charge in [-0.2, -0.15) is 0 Å². The fraction of sp³-hybridized carbons (Fsp3) is 0.250. The van der Waals surface area contributed by atoms with Gasteiger partial charge in [-0.05, 0) is 48.7 Å². The topological polar surface area (TPSA) is 109 Å². The predicted octanol–water partition coefficient (Wildman–Crippen LogP) is 1.07. The number of aromatic amines is 1. The minimum atomic E-state index is -3.35. The van der Waals surface area contributed by atoms with Gasteiger partial charge >= 0.3 is 5.69 Å². The Bertz CT molecular complexity index is 1350. The molecule has 150 valence electrons. The summed E-state index contributed by atoms with van der Waals surface area (Å²) >= 11 is 0. The number of nitrogens with one attached hydrogen (secondary N) is 1. The lowest BCUT2D eigenvalue weighted by atomic mass is 10.0. The van der Waals surface area contributed by atoms with Crippen LogP contribution in [0.4, 0.5) is 5.69 Å². The molecule has 2 aromatic carbocycles. The van der Waals surface area contributed by atoms with E-state index in [0.717, 1.165) is 16.4 Å². The minimum absolute atomic E-state index is 0.202. The van der Waals surface area contributed by atoms with Crippen LogP contribution in [0.15, 0.2) is 56.9 Å². The van der Waals surface area contributed by atoms with Crippen molar-refractivity contribution in [3.05, 3.63) is 68.9 Å². The molecule has 0 fully saturated rings. The smallest absolute Gasteiger partial charge is 0.311 e. The summed E-state index contributed by atoms with van der Waals surface area (Å²) in [6.07, 6.45) is 2.45. The van der Waals surface area contributed by atoms with Gasteiger partial charge in [0.2, 0.25) is 5.91 Å². The van der Waals surface area contributed by atoms with E-state index in [0.29, 0.717) is 36.0 Å². The number of nitrogens with zero attached hydrogens (tertiary/aromatic N) is 2. The predicted molar refractivity (Wildman–Crippen MR) is 109 cm³/mol. The molecule has 3 aromatic rings. The maximum atomic E-state index is 12.9. The molecule has 0 unspecified atom stereocenters. The number of carbonyl (C=O) groups excluding carboxylic acids is 1. The van der Waals surface area contributed by atoms with Crippen LogP contribution in [0.2, 0.25) is 0 Å². The van der Waals surface area contributed by atoms with Crippen molar-refractivity contribution >= 4 is 32.3 Å². The summed E-state index contributed by atoms with van der Waals surface area (Å²) in [6, 6.07) is 11.3. The molecule has 1 aliphatic heterocycles. The highest BCUT2D eigenvalue weighted by molar-refractivity contribution is 7.90. The quantitative estimate of drug-likeness (QED) is 0.691. The molecule has 0 spiro atoms. The van der Waals surface area contributed by atoms with Crippen LogP contribution in [-0.4, -0.2) is 36.7 Å². The summed E-state index contributed by atoms with van der Waals surface area (Å²) in [7, 11) is -3.35. The Hall–Kier alpha value is -3.20. The van der Waals surface area contributed by atoms with E-state index in [1.807, 2.05) is 0 Å². The summed E-state index contributed by atoms with van der Waals surface area (Å²) in [4.78, 5) is 42.3. The van der Waals surface area contributed by atoms with Gasteiger partial charge in [0.1, 0.15) is 6.54 Å². The standard InChI is InChI=1S/C20H19N3O5S/c1-29(27,28)14-8-9-17-13(11-14)5-4-10-22(17)18(24)12-23-19(25)15-6-2-3-7-16(15)21-20(23)26/h2-3,6-9,11H,4-5,10,12H2,1H3,(H,21,26). The van der Waals surface area contributed by atoms with Crippen molar-refractivity contribution in [2.75, 3.05) is 17.7 Å². The highest BCUT2D eigenvalue weighted by Crippen LogP contribution is 2.29. The van der Waals surface area contributed by atoms with E-state index in [4.69, 9.17) is 0 Å². The zero-order chi connectivity index (χ0) is 20.8. The van der Waals surface area contributed by atoms with Crippen molar-refractivity contribution in [2.24, 2.45) is 0 Å². The number of fused-ring (bicyclic) bond motifs is 2. The summed E-state index contributed by atoms with van der Waals surface area (Å²) < 4.78 is 24.5. The zero-order valence-electron chi connectivity index (χ0n) is 15.7. The van der Waals surface area contributed by atoms with E-state index in [-0.39, 0.29) is 4.90 Å². The van der Waals surface area contributed by atoms with Crippen LogP contribution < -0.4 is 16.1 Å². The normalized spacial score (nSPS) is 14.0. The van der Waals surface area contributed by atoms with Gasteiger partial charge < -0.3 is 9.88 Å². The fourth-order valence-corrected chi connectivity index (χ4v) is 4.30. The zero-order valence-corrected chi connectivity index (χ0v) is 16.5. The SMILES string of the molecule is CS(=O)(=O)c1ccc2c(c1)CCCN2C(=O)Cn1c(=O)[nH]c2ccccc2c1=O. The molecule has 2 heterocycles. The molecule has 1 aromatic heterocycles. The number of H-pyrrole nitrogens is 1. The Labute approximate surface area is 166 Å². The van der Waals surface area contributed by atoms with Gasteiger partial charge in [-0.15, -0.1) is 0 Å². The average molecular weight is 413 g/mol. The molecule has 0 saturated heterocycles. The first-order chi connectivity index (χ1) is 13.8. The molecule has 1 amide bonds. The summed E-state index contributed by atoms with van der Waals surface area (Å²) in [5.74, 6) is -0.402. The minimum Gasteiger partial charge on any atom is -0.311 e. The Morgan fingerprint density at radius 1 is 1.14 bits per heavy atom. The number of benzene rings is 2. The Morgan fingerprint density at radius 3 is 2.66 bits per heavy atom. The number of anilines is 1. The van der Waals surface area contributed by atoms with Crippen molar-refractivity contribution in [3.8, 4) is 0 Å². The van der Waals surface area contributed by atoms with Gasteiger partial charge in [0.25, 0.3) is 5.56 Å². The highest BCUT2D eigenvalue weighted by Gasteiger charge is 2.25. The number of para-hydroxylation sites is 1. The highest BCUT2D eigenvalue weighted by atomic mass is 32.2. The molecule has 4 rings (SSSR count). The van der Waals surface area contributed by atoms with E-state index in [1.54, 1.807) is 36.4 Å². The lowest BCUT2D eigenvalue weighted by molar-refractivity contribution is -0.119. The molecule has 0 bridgehead atoms. The molecule has 29 heavy (non-hydrogen) atoms. The lowest BCUT2D eigenvalue weighted by Gasteiger charge is -2.30. The summed E-state index contributed by atoms with van der Waals surface area (Å²) in [5.41, 5.74) is 0.614. The fourth-order valence-electron chi connectivity index (χ4n) is 3.63. The largest absolute Gasteiger partial charge is 0.329 e. The van der Waals surface area contributed by atoms with Gasteiger partial charge in [-0.3, -0.25) is 14.2 Å². The monoisotopic (exact) mass is 413 g/mol. The van der Waals surface area contributed by atoms with Crippen LogP contribution in [-0.2, 0) is 27.6 Å². The van der Waals surface area contributed by atoms with Gasteiger partial charge in [0.05, 0.1) is 15.8 Å². The van der Waals surface area contributed by atoms with E-state index in [2.05, 4.69) is 4.98 Å². The van der Waals surface area contributed by atoms with Gasteiger partial charge in [-0.25, -0.2) is 13.2 Å². The van der Waals surface area contributed by atoms with Crippen molar-refractivity contribution in [1.29, 1.82) is 0 Å². The summed E-state index contributed by atoms with van der Waals surface area (Å²) in [5, 5.41) is 0.330. The van der Waals surface area contributed by atoms with E-state index >= 15 is 0 Å². The first-order valence-corrected chi connectivity index (χ1v) is 11.0. The number of hydrogen-bond acceptors (Lipinski definition) is 5. The lowest BCUT2D eigenvalue weighted by Crippen LogP contribution is -2.44. The molecule has 0 atom stereocenters. The third-order valence-corrected chi connectivity index (χ3v) is 6.19. The van der Waals surface area contributed by atoms with Crippen molar-refractivity contribution < 1.29 is 13.2 Å². The Kier molecular flexibility index (Phi) is 4.62. The molecule has 0 saturated carbocycles. The average Bonchev–Trinajstić information content (AvgIpc) is 2.69. The Balaban J connectivity index is 1.70. The molecule has 0 aliphatic carbocycles. The van der Waals surface area contributed by atoms with Gasteiger partial charge in [-0.1, -0.05) is 12.1 Å². The number of aromatic nitrogens is 2. The van der Waals surface area contributed by atoms with E-state index < -0.39 is 33.5 Å². The van der Waals surface area contributed by atoms with Crippen molar-refractivity contribution in [1.82, 2.24) is 9.55 Å². The molecular weight excluding hydrogens is 394 g/mol. The van der Waals surface area contributed by atoms with Crippen LogP contribution in [0.25, 0.3) is 10.9 Å². The Morgan fingerprint density at radius 2 is 1.90 bits per heavy atom. The first-order valence-electron chi connectivity index (χ1n) is 9.11. The number of amides is 1. The number of hydrogen-bond donors (Lipinski definition) is 1. The number of carbonyl (C=O) groups is 1. The second-order valence-electron chi connectivity index (χ2n) is 7.08. The van der Waals surface area contributed by atoms with Gasteiger partial charge in [0.15, 0.2) is 9.84 Å². The number of rotatable bonds is 3. The maximum Gasteiger partial charge on any atom is 0.329 e. The second kappa shape index (κ2) is 7.00. The third-order valence-electron chi connectivity index (χ3n) is 5.08. The van der Waals surface area contributed by atoms with E-state index in [9.17, 15) is 22.8 Å². The van der Waals surface area contributed by atoms with Crippen LogP contribution in [0, 0.1) is 0 Å².